The van der Waals surface area contributed by atoms with Gasteiger partial charge in [0.15, 0.2) is 6.10 Å². The summed E-state index contributed by atoms with van der Waals surface area (Å²) in [6.07, 6.45) is 84.1. The Hall–Kier alpha value is -2.89. The molecular formula is C71H128O6. The normalized spacial score (nSPS) is 12.4. The van der Waals surface area contributed by atoms with Gasteiger partial charge in [-0.25, -0.2) is 0 Å². The van der Waals surface area contributed by atoms with Crippen LogP contribution in [0, 0.1) is 0 Å². The standard InChI is InChI=1S/C71H128O6/c1-4-7-10-13-16-19-21-23-25-26-27-28-29-30-31-32-33-34-35-36-37-38-39-40-41-42-43-44-46-47-49-52-55-58-61-64-70(73)76-67-68(66-75-69(72)63-60-57-54-51-18-15-12-9-6-3)77-71(74)65-62-59-56-53-50-48-45-24-22-20-17-14-11-8-5-2/h7,10,16,19,23-25,27-28,45,68H,4-6,8-9,11-15,17-18,20-22,26,29-44,46-67H2,1-3H3/b10-7-,19-16-,25-23-,28-27-,45-24-. The van der Waals surface area contributed by atoms with Crippen LogP contribution in [0.4, 0.5) is 0 Å². The van der Waals surface area contributed by atoms with Crippen LogP contribution >= 0.6 is 0 Å². The maximum Gasteiger partial charge on any atom is 0.306 e. The van der Waals surface area contributed by atoms with Crippen molar-refractivity contribution in [2.45, 2.75) is 361 Å². The molecule has 6 heteroatoms. The summed E-state index contributed by atoms with van der Waals surface area (Å²) in [5, 5.41) is 0. The molecule has 0 bridgehead atoms. The van der Waals surface area contributed by atoms with E-state index in [1.165, 1.54) is 225 Å². The molecule has 0 rings (SSSR count). The number of allylic oxidation sites excluding steroid dienone is 10. The first kappa shape index (κ1) is 74.1. The van der Waals surface area contributed by atoms with Crippen molar-refractivity contribution in [1.82, 2.24) is 0 Å². The number of ether oxygens (including phenoxy) is 3. The fourth-order valence-corrected chi connectivity index (χ4v) is 9.96. The number of unbranched alkanes of at least 4 members (excludes halogenated alkanes) is 41. The Balaban J connectivity index is 3.99. The van der Waals surface area contributed by atoms with E-state index in [-0.39, 0.29) is 31.1 Å². The number of hydrogen-bond donors (Lipinski definition) is 0. The van der Waals surface area contributed by atoms with E-state index < -0.39 is 6.10 Å². The summed E-state index contributed by atoms with van der Waals surface area (Å²) in [7, 11) is 0. The number of carbonyl (C=O) groups excluding carboxylic acids is 3. The second-order valence-corrected chi connectivity index (χ2v) is 22.7. The van der Waals surface area contributed by atoms with E-state index in [4.69, 9.17) is 14.2 Å². The molecule has 0 aliphatic rings. The van der Waals surface area contributed by atoms with Gasteiger partial charge in [0.05, 0.1) is 0 Å². The molecule has 77 heavy (non-hydrogen) atoms. The molecule has 0 aromatic heterocycles. The van der Waals surface area contributed by atoms with Crippen LogP contribution in [0.15, 0.2) is 60.8 Å². The fourth-order valence-electron chi connectivity index (χ4n) is 9.96. The highest BCUT2D eigenvalue weighted by Crippen LogP contribution is 2.18. The summed E-state index contributed by atoms with van der Waals surface area (Å²) < 4.78 is 16.9. The van der Waals surface area contributed by atoms with Crippen LogP contribution in [-0.2, 0) is 28.6 Å². The van der Waals surface area contributed by atoms with Gasteiger partial charge in [0.1, 0.15) is 13.2 Å². The first-order valence-corrected chi connectivity index (χ1v) is 33.8. The molecule has 0 aliphatic heterocycles. The largest absolute Gasteiger partial charge is 0.462 e. The lowest BCUT2D eigenvalue weighted by Gasteiger charge is -2.18. The molecule has 0 heterocycles. The zero-order valence-electron chi connectivity index (χ0n) is 51.5. The SMILES string of the molecule is CC/C=C\C/C=C\C/C=C\C/C=C\CCCCCCCCCCCCCCCCCCCCCCCCC(=O)OCC(COC(=O)CCCCCCCCCCC)OC(=O)CCCCCCC/C=C\CCCCCCCC. The van der Waals surface area contributed by atoms with Crippen molar-refractivity contribution in [2.75, 3.05) is 13.2 Å². The first-order valence-electron chi connectivity index (χ1n) is 33.8. The van der Waals surface area contributed by atoms with Gasteiger partial charge in [-0.1, -0.05) is 313 Å². The number of hydrogen-bond acceptors (Lipinski definition) is 6. The molecule has 1 unspecified atom stereocenters. The Morgan fingerprint density at radius 1 is 0.273 bits per heavy atom. The van der Waals surface area contributed by atoms with E-state index in [1.807, 2.05) is 0 Å². The summed E-state index contributed by atoms with van der Waals surface area (Å²) in [5.74, 6) is -0.862. The van der Waals surface area contributed by atoms with Crippen LogP contribution in [0.1, 0.15) is 355 Å². The van der Waals surface area contributed by atoms with Crippen molar-refractivity contribution < 1.29 is 28.6 Å². The quantitative estimate of drug-likeness (QED) is 0.0261. The van der Waals surface area contributed by atoms with Crippen LogP contribution < -0.4 is 0 Å². The molecule has 0 saturated heterocycles. The summed E-state index contributed by atoms with van der Waals surface area (Å²) in [5.41, 5.74) is 0. The minimum atomic E-state index is -0.772. The minimum absolute atomic E-state index is 0.0713. The lowest BCUT2D eigenvalue weighted by Crippen LogP contribution is -2.30. The molecule has 0 aromatic rings. The average Bonchev–Trinajstić information content (AvgIpc) is 3.43. The molecule has 0 spiro atoms. The molecule has 1 atom stereocenters. The second-order valence-electron chi connectivity index (χ2n) is 22.7. The van der Waals surface area contributed by atoms with E-state index in [1.54, 1.807) is 0 Å². The summed E-state index contributed by atoms with van der Waals surface area (Å²) in [4.78, 5) is 38.1. The Kier molecular flexibility index (Phi) is 63.2. The maximum atomic E-state index is 12.8. The zero-order valence-corrected chi connectivity index (χ0v) is 51.5. The molecule has 0 aromatic carbocycles. The molecule has 0 fully saturated rings. The van der Waals surface area contributed by atoms with Crippen molar-refractivity contribution in [3.63, 3.8) is 0 Å². The highest BCUT2D eigenvalue weighted by molar-refractivity contribution is 5.71. The van der Waals surface area contributed by atoms with Gasteiger partial charge in [0.25, 0.3) is 0 Å². The van der Waals surface area contributed by atoms with Gasteiger partial charge in [-0.3, -0.25) is 14.4 Å². The van der Waals surface area contributed by atoms with Crippen LogP contribution in [0.5, 0.6) is 0 Å². The Labute approximate surface area is 479 Å². The van der Waals surface area contributed by atoms with E-state index in [2.05, 4.69) is 81.5 Å². The third kappa shape index (κ3) is 63.8. The van der Waals surface area contributed by atoms with Crippen LogP contribution in [0.3, 0.4) is 0 Å². The summed E-state index contributed by atoms with van der Waals surface area (Å²) in [6.45, 7) is 6.54. The molecule has 0 amide bonds. The fraction of sp³-hybridized carbons (Fsp3) is 0.817. The molecule has 0 aliphatic carbocycles. The van der Waals surface area contributed by atoms with Gasteiger partial charge in [-0.2, -0.15) is 0 Å². The second kappa shape index (κ2) is 65.6. The Morgan fingerprint density at radius 3 is 0.805 bits per heavy atom. The van der Waals surface area contributed by atoms with Gasteiger partial charge < -0.3 is 14.2 Å². The summed E-state index contributed by atoms with van der Waals surface area (Å²) >= 11 is 0. The number of carbonyl (C=O) groups is 3. The van der Waals surface area contributed by atoms with Crippen molar-refractivity contribution in [2.24, 2.45) is 0 Å². The molecule has 0 saturated carbocycles. The first-order chi connectivity index (χ1) is 38.0. The van der Waals surface area contributed by atoms with E-state index in [0.717, 1.165) is 89.9 Å². The Bertz CT molecular complexity index is 1380. The predicted octanol–water partition coefficient (Wildman–Crippen LogP) is 23.1. The van der Waals surface area contributed by atoms with E-state index >= 15 is 0 Å². The van der Waals surface area contributed by atoms with Gasteiger partial charge in [-0.05, 0) is 83.5 Å². The highest BCUT2D eigenvalue weighted by Gasteiger charge is 2.19. The van der Waals surface area contributed by atoms with Gasteiger partial charge in [0.2, 0.25) is 0 Å². The van der Waals surface area contributed by atoms with Crippen molar-refractivity contribution >= 4 is 17.9 Å². The van der Waals surface area contributed by atoms with E-state index in [0.29, 0.717) is 19.3 Å². The van der Waals surface area contributed by atoms with Crippen molar-refractivity contribution in [1.29, 1.82) is 0 Å². The smallest absolute Gasteiger partial charge is 0.306 e. The zero-order chi connectivity index (χ0) is 55.7. The van der Waals surface area contributed by atoms with Crippen molar-refractivity contribution in [3.8, 4) is 0 Å². The summed E-state index contributed by atoms with van der Waals surface area (Å²) in [6, 6.07) is 0. The lowest BCUT2D eigenvalue weighted by molar-refractivity contribution is -0.167. The molecule has 6 nitrogen and oxygen atoms in total. The molecule has 448 valence electrons. The third-order valence-electron chi connectivity index (χ3n) is 15.0. The number of esters is 3. The molecule has 0 N–H and O–H groups in total. The average molecular weight is 1080 g/mol. The lowest BCUT2D eigenvalue weighted by atomic mass is 10.0. The third-order valence-corrected chi connectivity index (χ3v) is 15.0. The van der Waals surface area contributed by atoms with Gasteiger partial charge in [0, 0.05) is 19.3 Å². The van der Waals surface area contributed by atoms with Crippen LogP contribution in [0.2, 0.25) is 0 Å². The van der Waals surface area contributed by atoms with E-state index in [9.17, 15) is 14.4 Å². The highest BCUT2D eigenvalue weighted by atomic mass is 16.6. The van der Waals surface area contributed by atoms with Gasteiger partial charge >= 0.3 is 17.9 Å². The predicted molar refractivity (Wildman–Crippen MR) is 335 cm³/mol. The Morgan fingerprint density at radius 2 is 0.506 bits per heavy atom. The monoisotopic (exact) mass is 1080 g/mol. The topological polar surface area (TPSA) is 78.9 Å². The maximum absolute atomic E-state index is 12.8. The van der Waals surface area contributed by atoms with Crippen LogP contribution in [0.25, 0.3) is 0 Å². The minimum Gasteiger partial charge on any atom is -0.462 e. The molecular weight excluding hydrogens is 949 g/mol. The van der Waals surface area contributed by atoms with Crippen molar-refractivity contribution in [3.05, 3.63) is 60.8 Å². The van der Waals surface area contributed by atoms with Gasteiger partial charge in [-0.15, -0.1) is 0 Å². The number of rotatable bonds is 62. The van der Waals surface area contributed by atoms with Crippen LogP contribution in [-0.4, -0.2) is 37.2 Å². The molecule has 0 radical (unpaired) electrons.